The van der Waals surface area contributed by atoms with Crippen molar-refractivity contribution in [3.8, 4) is 28.1 Å². The minimum atomic E-state index is -0.890. The first-order valence-corrected chi connectivity index (χ1v) is 12.0. The number of benzene rings is 3. The number of rotatable bonds is 7. The van der Waals surface area contributed by atoms with E-state index in [1.54, 1.807) is 30.3 Å². The topological polar surface area (TPSA) is 138 Å². The molecule has 2 heterocycles. The van der Waals surface area contributed by atoms with Crippen LogP contribution in [0.1, 0.15) is 11.1 Å². The first-order valence-electron chi connectivity index (χ1n) is 11.2. The summed E-state index contributed by atoms with van der Waals surface area (Å²) in [6.07, 6.45) is 0.265. The molecule has 4 aromatic rings. The number of nitrogens with one attached hydrogen (secondary N) is 3. The summed E-state index contributed by atoms with van der Waals surface area (Å²) in [5.74, 6) is 0.849. The second-order valence-electron chi connectivity index (χ2n) is 8.00. The van der Waals surface area contributed by atoms with Crippen LogP contribution in [-0.2, 0) is 11.2 Å². The first kappa shape index (κ1) is 23.8. The molecular weight excluding hydrogens is 492 g/mol. The van der Waals surface area contributed by atoms with Crippen molar-refractivity contribution in [3.63, 3.8) is 0 Å². The Kier molecular flexibility index (Phi) is 6.91. The first-order chi connectivity index (χ1) is 18.1. The van der Waals surface area contributed by atoms with Gasteiger partial charge in [0.2, 0.25) is 17.8 Å². The van der Waals surface area contributed by atoms with Gasteiger partial charge in [-0.15, -0.1) is 10.2 Å². The summed E-state index contributed by atoms with van der Waals surface area (Å²) in [6.45, 7) is 0.171. The number of nitrogens with zero attached hydrogens (tertiary/aromatic N) is 3. The van der Waals surface area contributed by atoms with Gasteiger partial charge in [0.15, 0.2) is 11.5 Å². The average Bonchev–Trinajstić information content (AvgIpc) is 3.58. The fourth-order valence-corrected chi connectivity index (χ4v) is 4.37. The van der Waals surface area contributed by atoms with Crippen LogP contribution < -0.4 is 25.4 Å². The van der Waals surface area contributed by atoms with Crippen LogP contribution in [0.25, 0.3) is 10.6 Å². The number of amides is 3. The van der Waals surface area contributed by atoms with Crippen molar-refractivity contribution in [2.24, 2.45) is 0 Å². The van der Waals surface area contributed by atoms with E-state index < -0.39 is 18.0 Å². The number of fused-ring (bicyclic) bond motifs is 1. The molecule has 0 saturated carbocycles. The highest BCUT2D eigenvalue weighted by molar-refractivity contribution is 7.18. The van der Waals surface area contributed by atoms with Gasteiger partial charge in [0.05, 0.1) is 11.6 Å². The van der Waals surface area contributed by atoms with E-state index in [1.165, 1.54) is 11.3 Å². The number of nitriles is 1. The van der Waals surface area contributed by atoms with Gasteiger partial charge in [-0.2, -0.15) is 5.26 Å². The van der Waals surface area contributed by atoms with Crippen molar-refractivity contribution < 1.29 is 19.1 Å². The second-order valence-corrected chi connectivity index (χ2v) is 8.98. The van der Waals surface area contributed by atoms with Crippen molar-refractivity contribution in [1.82, 2.24) is 15.5 Å². The van der Waals surface area contributed by atoms with E-state index in [1.807, 2.05) is 48.5 Å². The molecule has 0 fully saturated rings. The zero-order valence-electron chi connectivity index (χ0n) is 19.3. The van der Waals surface area contributed by atoms with Crippen LogP contribution in [0.2, 0.25) is 0 Å². The lowest BCUT2D eigenvalue weighted by Gasteiger charge is -2.18. The average molecular weight is 513 g/mol. The summed E-state index contributed by atoms with van der Waals surface area (Å²) in [6, 6.07) is 21.8. The number of anilines is 2. The van der Waals surface area contributed by atoms with E-state index in [9.17, 15) is 9.59 Å². The monoisotopic (exact) mass is 512 g/mol. The van der Waals surface area contributed by atoms with E-state index in [0.717, 1.165) is 11.1 Å². The third kappa shape index (κ3) is 5.83. The fraction of sp³-hybridized carbons (Fsp3) is 0.115. The summed E-state index contributed by atoms with van der Waals surface area (Å²) in [5.41, 5.74) is 2.62. The van der Waals surface area contributed by atoms with Gasteiger partial charge in [-0.05, 0) is 48.0 Å². The standard InChI is InChI=1S/C26H20N6O4S/c27-14-17-6-9-19(10-7-17)28-25(34)29-20(12-16-4-2-1-3-5-16)23(33)30-26-32-31-24(37-26)18-8-11-21-22(13-18)36-15-35-21/h1-11,13,20H,12,15H2,(H2,28,29,34)(H,30,32,33)/t20-/m0/s1. The maximum Gasteiger partial charge on any atom is 0.319 e. The molecule has 0 spiro atoms. The van der Waals surface area contributed by atoms with Crippen molar-refractivity contribution in [2.45, 2.75) is 12.5 Å². The number of aromatic nitrogens is 2. The maximum absolute atomic E-state index is 13.2. The molecule has 0 aliphatic carbocycles. The molecule has 10 nitrogen and oxygen atoms in total. The zero-order valence-corrected chi connectivity index (χ0v) is 20.1. The van der Waals surface area contributed by atoms with Gasteiger partial charge in [0, 0.05) is 17.7 Å². The highest BCUT2D eigenvalue weighted by Gasteiger charge is 2.23. The normalized spacial score (nSPS) is 12.3. The number of ether oxygens (including phenoxy) is 2. The van der Waals surface area contributed by atoms with Gasteiger partial charge < -0.3 is 20.1 Å². The number of hydrogen-bond donors (Lipinski definition) is 3. The Morgan fingerprint density at radius 2 is 1.76 bits per heavy atom. The Morgan fingerprint density at radius 1 is 0.973 bits per heavy atom. The SMILES string of the molecule is N#Cc1ccc(NC(=O)N[C@@H](Cc2ccccc2)C(=O)Nc2nnc(-c3ccc4c(c3)OCO4)s2)cc1. The van der Waals surface area contributed by atoms with Crippen molar-refractivity contribution in [2.75, 3.05) is 17.4 Å². The van der Waals surface area contributed by atoms with Gasteiger partial charge in [0.1, 0.15) is 11.0 Å². The Balaban J connectivity index is 1.28. The van der Waals surface area contributed by atoms with Gasteiger partial charge in [-0.25, -0.2) is 4.79 Å². The highest BCUT2D eigenvalue weighted by Crippen LogP contribution is 2.37. The third-order valence-electron chi connectivity index (χ3n) is 5.45. The van der Waals surface area contributed by atoms with Gasteiger partial charge in [-0.3, -0.25) is 10.1 Å². The second kappa shape index (κ2) is 10.8. The van der Waals surface area contributed by atoms with E-state index in [4.69, 9.17) is 14.7 Å². The molecule has 1 aliphatic heterocycles. The van der Waals surface area contributed by atoms with Crippen LogP contribution in [0.15, 0.2) is 72.8 Å². The van der Waals surface area contributed by atoms with E-state index in [-0.39, 0.29) is 13.2 Å². The molecule has 1 atom stereocenters. The maximum atomic E-state index is 13.2. The molecule has 0 bridgehead atoms. The fourth-order valence-electron chi connectivity index (χ4n) is 3.63. The van der Waals surface area contributed by atoms with E-state index >= 15 is 0 Å². The lowest BCUT2D eigenvalue weighted by atomic mass is 10.1. The molecule has 1 aliphatic rings. The van der Waals surface area contributed by atoms with E-state index in [2.05, 4.69) is 26.1 Å². The summed E-state index contributed by atoms with van der Waals surface area (Å²) in [4.78, 5) is 25.9. The van der Waals surface area contributed by atoms with Crippen LogP contribution in [0.3, 0.4) is 0 Å². The van der Waals surface area contributed by atoms with Crippen molar-refractivity contribution in [3.05, 3.63) is 83.9 Å². The molecule has 5 rings (SSSR count). The minimum absolute atomic E-state index is 0.171. The van der Waals surface area contributed by atoms with Gasteiger partial charge in [-0.1, -0.05) is 41.7 Å². The van der Waals surface area contributed by atoms with Gasteiger partial charge >= 0.3 is 6.03 Å². The summed E-state index contributed by atoms with van der Waals surface area (Å²) >= 11 is 1.20. The molecular formula is C26H20N6O4S. The lowest BCUT2D eigenvalue weighted by Crippen LogP contribution is -2.46. The quantitative estimate of drug-likeness (QED) is 0.338. The van der Waals surface area contributed by atoms with Crippen molar-refractivity contribution >= 4 is 34.1 Å². The van der Waals surface area contributed by atoms with Crippen LogP contribution in [-0.4, -0.2) is 35.0 Å². The Hall–Kier alpha value is -4.95. The van der Waals surface area contributed by atoms with Crippen LogP contribution in [0.5, 0.6) is 11.5 Å². The Labute approximate surface area is 215 Å². The van der Waals surface area contributed by atoms with Crippen molar-refractivity contribution in [1.29, 1.82) is 5.26 Å². The number of urea groups is 1. The predicted octanol–water partition coefficient (Wildman–Crippen LogP) is 4.18. The lowest BCUT2D eigenvalue weighted by molar-refractivity contribution is -0.117. The molecule has 1 aromatic heterocycles. The zero-order chi connectivity index (χ0) is 25.6. The van der Waals surface area contributed by atoms with Gasteiger partial charge in [0.25, 0.3) is 0 Å². The van der Waals surface area contributed by atoms with Crippen LogP contribution in [0, 0.1) is 11.3 Å². The molecule has 0 saturated heterocycles. The number of carbonyl (C=O) groups is 2. The molecule has 184 valence electrons. The largest absolute Gasteiger partial charge is 0.454 e. The highest BCUT2D eigenvalue weighted by atomic mass is 32.1. The molecule has 0 unspecified atom stereocenters. The third-order valence-corrected chi connectivity index (χ3v) is 6.34. The number of hydrogen-bond acceptors (Lipinski definition) is 8. The molecule has 3 amide bonds. The number of carbonyl (C=O) groups excluding carboxylic acids is 2. The molecule has 3 N–H and O–H groups in total. The minimum Gasteiger partial charge on any atom is -0.454 e. The Bertz CT molecular complexity index is 1470. The summed E-state index contributed by atoms with van der Waals surface area (Å²) < 4.78 is 10.8. The van der Waals surface area contributed by atoms with Crippen LogP contribution in [0.4, 0.5) is 15.6 Å². The molecule has 11 heteroatoms. The molecule has 0 radical (unpaired) electrons. The summed E-state index contributed by atoms with van der Waals surface area (Å²) in [5, 5.41) is 26.3. The predicted molar refractivity (Wildman–Crippen MR) is 137 cm³/mol. The smallest absolute Gasteiger partial charge is 0.319 e. The van der Waals surface area contributed by atoms with Crippen LogP contribution >= 0.6 is 11.3 Å². The molecule has 37 heavy (non-hydrogen) atoms. The summed E-state index contributed by atoms with van der Waals surface area (Å²) in [7, 11) is 0. The van der Waals surface area contributed by atoms with E-state index in [0.29, 0.717) is 32.9 Å². The molecule has 3 aromatic carbocycles. The Morgan fingerprint density at radius 3 is 2.54 bits per heavy atom.